The number of hydrogen-bond acceptors (Lipinski definition) is 4. The average molecular weight is 392 g/mol. The lowest BCUT2D eigenvalue weighted by atomic mass is 9.82. The first-order chi connectivity index (χ1) is 14.0. The molecule has 4 rings (SSSR count). The number of amides is 3. The number of urea groups is 1. The van der Waals surface area contributed by atoms with Gasteiger partial charge in [-0.1, -0.05) is 67.8 Å². The van der Waals surface area contributed by atoms with Crippen LogP contribution >= 0.6 is 0 Å². The van der Waals surface area contributed by atoms with Crippen LogP contribution in [0.4, 0.5) is 4.79 Å². The van der Waals surface area contributed by atoms with E-state index in [4.69, 9.17) is 0 Å². The zero-order valence-electron chi connectivity index (χ0n) is 16.2. The van der Waals surface area contributed by atoms with Crippen molar-refractivity contribution < 1.29 is 19.5 Å². The summed E-state index contributed by atoms with van der Waals surface area (Å²) in [4.78, 5) is 39.0. The molecule has 1 saturated heterocycles. The first-order valence-corrected chi connectivity index (χ1v) is 10.0. The van der Waals surface area contributed by atoms with Crippen LogP contribution in [0.2, 0.25) is 0 Å². The highest BCUT2D eigenvalue weighted by atomic mass is 16.3. The number of carbonyl (C=O) groups is 3. The number of nitrogens with zero attached hydrogens (tertiary/aromatic N) is 1. The minimum absolute atomic E-state index is 0.0647. The maximum atomic E-state index is 12.8. The molecule has 0 atom stereocenters. The molecule has 0 bridgehead atoms. The fourth-order valence-corrected chi connectivity index (χ4v) is 4.32. The van der Waals surface area contributed by atoms with Crippen LogP contribution in [0.3, 0.4) is 0 Å². The molecule has 2 aliphatic rings. The third kappa shape index (κ3) is 3.56. The molecular formula is C23H24N2O4. The third-order valence-corrected chi connectivity index (χ3v) is 5.96. The predicted octanol–water partition coefficient (Wildman–Crippen LogP) is 3.28. The zero-order chi connectivity index (χ0) is 20.4. The van der Waals surface area contributed by atoms with Gasteiger partial charge >= 0.3 is 6.03 Å². The first-order valence-electron chi connectivity index (χ1n) is 10.0. The van der Waals surface area contributed by atoms with Gasteiger partial charge in [0.2, 0.25) is 0 Å². The van der Waals surface area contributed by atoms with E-state index in [0.29, 0.717) is 18.4 Å². The van der Waals surface area contributed by atoms with Gasteiger partial charge in [0.1, 0.15) is 5.54 Å². The molecule has 0 unspecified atom stereocenters. The second-order valence-corrected chi connectivity index (χ2v) is 7.78. The highest BCUT2D eigenvalue weighted by Crippen LogP contribution is 2.33. The van der Waals surface area contributed by atoms with Crippen molar-refractivity contribution in [2.45, 2.75) is 44.2 Å². The summed E-state index contributed by atoms with van der Waals surface area (Å²) in [7, 11) is 0. The van der Waals surface area contributed by atoms with E-state index in [9.17, 15) is 19.5 Å². The second kappa shape index (κ2) is 7.79. The number of carbonyl (C=O) groups excluding carboxylic acids is 3. The van der Waals surface area contributed by atoms with Crippen molar-refractivity contribution in [1.29, 1.82) is 0 Å². The number of hydrogen-bond donors (Lipinski definition) is 2. The molecule has 2 fully saturated rings. The Morgan fingerprint density at radius 3 is 2.38 bits per heavy atom. The Morgan fingerprint density at radius 1 is 1.00 bits per heavy atom. The number of nitrogens with one attached hydrogen (secondary N) is 1. The van der Waals surface area contributed by atoms with E-state index in [1.165, 1.54) is 0 Å². The quantitative estimate of drug-likeness (QED) is 0.604. The summed E-state index contributed by atoms with van der Waals surface area (Å²) in [6, 6.07) is 14.1. The van der Waals surface area contributed by atoms with Crippen LogP contribution in [0.5, 0.6) is 0 Å². The van der Waals surface area contributed by atoms with Crippen LogP contribution in [0.1, 0.15) is 48.0 Å². The largest absolute Gasteiger partial charge is 0.392 e. The molecule has 2 aromatic rings. The SMILES string of the molecule is O=C(CN1C(=O)NC2(CCCCC2)C1=O)c1ccc(-c2ccccc2CO)cc1. The van der Waals surface area contributed by atoms with Gasteiger partial charge < -0.3 is 10.4 Å². The Labute approximate surface area is 169 Å². The van der Waals surface area contributed by atoms with Crippen LogP contribution in [0, 0.1) is 0 Å². The van der Waals surface area contributed by atoms with Gasteiger partial charge in [0, 0.05) is 5.56 Å². The summed E-state index contributed by atoms with van der Waals surface area (Å²) in [6.45, 7) is -0.316. The van der Waals surface area contributed by atoms with E-state index in [1.54, 1.807) is 12.1 Å². The Kier molecular flexibility index (Phi) is 5.20. The van der Waals surface area contributed by atoms with E-state index in [0.717, 1.165) is 40.9 Å². The average Bonchev–Trinajstić information content (AvgIpc) is 2.98. The van der Waals surface area contributed by atoms with Crippen LogP contribution < -0.4 is 5.32 Å². The fraction of sp³-hybridized carbons (Fsp3) is 0.348. The van der Waals surface area contributed by atoms with Crippen molar-refractivity contribution in [2.75, 3.05) is 6.54 Å². The van der Waals surface area contributed by atoms with Crippen molar-refractivity contribution in [3.63, 3.8) is 0 Å². The molecule has 6 heteroatoms. The zero-order valence-corrected chi connectivity index (χ0v) is 16.2. The molecule has 29 heavy (non-hydrogen) atoms. The minimum atomic E-state index is -0.812. The van der Waals surface area contributed by atoms with Gasteiger partial charge in [-0.3, -0.25) is 14.5 Å². The smallest absolute Gasteiger partial charge is 0.325 e. The molecule has 6 nitrogen and oxygen atoms in total. The second-order valence-electron chi connectivity index (χ2n) is 7.78. The van der Waals surface area contributed by atoms with E-state index in [-0.39, 0.29) is 24.8 Å². The standard InChI is InChI=1S/C23H24N2O4/c26-15-18-6-2-3-7-19(18)16-8-10-17(11-9-16)20(27)14-25-21(28)23(24-22(25)29)12-4-1-5-13-23/h2-3,6-11,26H,1,4-5,12-15H2,(H,24,29). The van der Waals surface area contributed by atoms with Crippen molar-refractivity contribution >= 4 is 17.7 Å². The maximum absolute atomic E-state index is 12.8. The molecule has 1 saturated carbocycles. The summed E-state index contributed by atoms with van der Waals surface area (Å²) in [6.07, 6.45) is 4.16. The van der Waals surface area contributed by atoms with Gasteiger partial charge in [-0.2, -0.15) is 0 Å². The molecule has 0 radical (unpaired) electrons. The predicted molar refractivity (Wildman–Crippen MR) is 108 cm³/mol. The van der Waals surface area contributed by atoms with Gasteiger partial charge in [-0.25, -0.2) is 4.79 Å². The van der Waals surface area contributed by atoms with E-state index in [2.05, 4.69) is 5.32 Å². The summed E-state index contributed by atoms with van der Waals surface area (Å²) in [5.74, 6) is -0.549. The highest BCUT2D eigenvalue weighted by molar-refractivity contribution is 6.11. The van der Waals surface area contributed by atoms with Crippen molar-refractivity contribution in [1.82, 2.24) is 10.2 Å². The van der Waals surface area contributed by atoms with E-state index < -0.39 is 11.6 Å². The summed E-state index contributed by atoms with van der Waals surface area (Å²) >= 11 is 0. The molecule has 150 valence electrons. The Bertz CT molecular complexity index is 946. The number of imide groups is 1. The van der Waals surface area contributed by atoms with Crippen molar-refractivity contribution in [2.24, 2.45) is 0 Å². The summed E-state index contributed by atoms with van der Waals surface area (Å²) in [5.41, 5.74) is 2.24. The number of Topliss-reactive ketones (excluding diaryl/α,β-unsaturated/α-hetero) is 1. The molecule has 3 amide bonds. The fourth-order valence-electron chi connectivity index (χ4n) is 4.32. The van der Waals surface area contributed by atoms with Crippen LogP contribution in [-0.2, 0) is 11.4 Å². The molecule has 0 aromatic heterocycles. The van der Waals surface area contributed by atoms with Gasteiger partial charge in [-0.05, 0) is 29.5 Å². The number of aliphatic hydroxyl groups excluding tert-OH is 1. The van der Waals surface area contributed by atoms with E-state index in [1.807, 2.05) is 36.4 Å². The van der Waals surface area contributed by atoms with Crippen LogP contribution in [0.15, 0.2) is 48.5 Å². The molecule has 1 aliphatic carbocycles. The Hall–Kier alpha value is -2.99. The normalized spacial score (nSPS) is 18.2. The lowest BCUT2D eigenvalue weighted by Crippen LogP contribution is -2.48. The first kappa shape index (κ1) is 19.3. The maximum Gasteiger partial charge on any atom is 0.325 e. The lowest BCUT2D eigenvalue weighted by molar-refractivity contribution is -0.132. The van der Waals surface area contributed by atoms with Gasteiger partial charge in [-0.15, -0.1) is 0 Å². The number of benzene rings is 2. The molecule has 2 aromatic carbocycles. The van der Waals surface area contributed by atoms with Crippen molar-refractivity contribution in [3.8, 4) is 11.1 Å². The van der Waals surface area contributed by atoms with E-state index >= 15 is 0 Å². The third-order valence-electron chi connectivity index (χ3n) is 5.96. The number of aliphatic hydroxyl groups is 1. The monoisotopic (exact) mass is 392 g/mol. The molecular weight excluding hydrogens is 368 g/mol. The minimum Gasteiger partial charge on any atom is -0.392 e. The lowest BCUT2D eigenvalue weighted by Gasteiger charge is -2.30. The van der Waals surface area contributed by atoms with Crippen LogP contribution in [0.25, 0.3) is 11.1 Å². The molecule has 1 spiro atoms. The summed E-state index contributed by atoms with van der Waals surface area (Å²) in [5, 5.41) is 12.3. The Morgan fingerprint density at radius 2 is 1.69 bits per heavy atom. The topological polar surface area (TPSA) is 86.7 Å². The molecule has 1 aliphatic heterocycles. The van der Waals surface area contributed by atoms with Crippen molar-refractivity contribution in [3.05, 3.63) is 59.7 Å². The Balaban J connectivity index is 1.49. The number of rotatable bonds is 5. The van der Waals surface area contributed by atoms with Gasteiger partial charge in [0.15, 0.2) is 5.78 Å². The molecule has 2 N–H and O–H groups in total. The molecule has 1 heterocycles. The number of ketones is 1. The van der Waals surface area contributed by atoms with Gasteiger partial charge in [0.25, 0.3) is 5.91 Å². The highest BCUT2D eigenvalue weighted by Gasteiger charge is 2.51. The van der Waals surface area contributed by atoms with Gasteiger partial charge in [0.05, 0.1) is 13.2 Å². The van der Waals surface area contributed by atoms with Crippen LogP contribution in [-0.4, -0.2) is 39.8 Å². The summed E-state index contributed by atoms with van der Waals surface area (Å²) < 4.78 is 0.